The molecule has 0 bridgehead atoms. The number of nitrogens with zero attached hydrogens (tertiary/aromatic N) is 1. The minimum Gasteiger partial charge on any atom is -0.324 e. The SMILES string of the molecule is NCC(=O)c1cnc2c(c1)CSCC2. The summed E-state index contributed by atoms with van der Waals surface area (Å²) in [4.78, 5) is 15.6. The van der Waals surface area contributed by atoms with Gasteiger partial charge in [-0.1, -0.05) is 0 Å². The van der Waals surface area contributed by atoms with Gasteiger partial charge in [0, 0.05) is 23.2 Å². The van der Waals surface area contributed by atoms with Crippen molar-refractivity contribution >= 4 is 17.5 Å². The molecule has 1 aliphatic heterocycles. The fraction of sp³-hybridized carbons (Fsp3) is 0.400. The van der Waals surface area contributed by atoms with Gasteiger partial charge in [-0.05, 0) is 23.8 Å². The third kappa shape index (κ3) is 1.81. The van der Waals surface area contributed by atoms with Gasteiger partial charge in [-0.15, -0.1) is 0 Å². The van der Waals surface area contributed by atoms with E-state index in [1.165, 1.54) is 5.56 Å². The number of hydrogen-bond acceptors (Lipinski definition) is 4. The molecule has 4 heteroatoms. The van der Waals surface area contributed by atoms with Gasteiger partial charge in [-0.2, -0.15) is 11.8 Å². The molecule has 0 amide bonds. The topological polar surface area (TPSA) is 56.0 Å². The number of aromatic nitrogens is 1. The zero-order chi connectivity index (χ0) is 9.97. The zero-order valence-electron chi connectivity index (χ0n) is 7.82. The van der Waals surface area contributed by atoms with Gasteiger partial charge in [0.2, 0.25) is 0 Å². The molecule has 0 spiro atoms. The molecule has 14 heavy (non-hydrogen) atoms. The summed E-state index contributed by atoms with van der Waals surface area (Å²) in [6.45, 7) is 0.0631. The standard InChI is InChI=1S/C10H12N2OS/c11-4-10(13)7-3-8-6-14-2-1-9(8)12-5-7/h3,5H,1-2,4,6,11H2. The molecule has 74 valence electrons. The number of pyridine rings is 1. The number of nitrogens with two attached hydrogens (primary N) is 1. The summed E-state index contributed by atoms with van der Waals surface area (Å²) in [6.07, 6.45) is 2.65. The molecule has 0 radical (unpaired) electrons. The average Bonchev–Trinajstić information content (AvgIpc) is 2.27. The number of carbonyl (C=O) groups excluding carboxylic acids is 1. The van der Waals surface area contributed by atoms with Crippen molar-refractivity contribution in [1.82, 2.24) is 4.98 Å². The first kappa shape index (κ1) is 9.68. The van der Waals surface area contributed by atoms with Crippen molar-refractivity contribution in [2.24, 2.45) is 5.73 Å². The van der Waals surface area contributed by atoms with E-state index in [1.54, 1.807) is 6.20 Å². The molecule has 2 heterocycles. The first-order valence-electron chi connectivity index (χ1n) is 4.60. The first-order chi connectivity index (χ1) is 6.81. The van der Waals surface area contributed by atoms with E-state index in [9.17, 15) is 4.79 Å². The van der Waals surface area contributed by atoms with Crippen molar-refractivity contribution in [3.8, 4) is 0 Å². The van der Waals surface area contributed by atoms with Gasteiger partial charge in [-0.25, -0.2) is 0 Å². The minimum absolute atomic E-state index is 0.0316. The summed E-state index contributed by atoms with van der Waals surface area (Å²) in [5.41, 5.74) is 8.28. The minimum atomic E-state index is -0.0316. The highest BCUT2D eigenvalue weighted by atomic mass is 32.2. The van der Waals surface area contributed by atoms with E-state index < -0.39 is 0 Å². The van der Waals surface area contributed by atoms with Crippen LogP contribution in [0.1, 0.15) is 21.6 Å². The van der Waals surface area contributed by atoms with E-state index in [0.29, 0.717) is 5.56 Å². The molecule has 0 saturated heterocycles. The Kier molecular flexibility index (Phi) is 2.84. The Hall–Kier alpha value is -0.870. The molecule has 0 aromatic carbocycles. The van der Waals surface area contributed by atoms with Gasteiger partial charge in [0.05, 0.1) is 6.54 Å². The maximum absolute atomic E-state index is 11.3. The van der Waals surface area contributed by atoms with Gasteiger partial charge in [0.1, 0.15) is 0 Å². The van der Waals surface area contributed by atoms with E-state index in [0.717, 1.165) is 23.6 Å². The summed E-state index contributed by atoms with van der Waals surface area (Å²) in [5, 5.41) is 0. The fourth-order valence-corrected chi connectivity index (χ4v) is 2.46. The van der Waals surface area contributed by atoms with Crippen LogP contribution >= 0.6 is 11.8 Å². The zero-order valence-corrected chi connectivity index (χ0v) is 8.64. The number of rotatable bonds is 2. The molecule has 0 saturated carbocycles. The Balaban J connectivity index is 2.33. The lowest BCUT2D eigenvalue weighted by Crippen LogP contribution is -2.15. The highest BCUT2D eigenvalue weighted by Crippen LogP contribution is 2.23. The lowest BCUT2D eigenvalue weighted by molar-refractivity contribution is 0.100. The lowest BCUT2D eigenvalue weighted by atomic mass is 10.1. The quantitative estimate of drug-likeness (QED) is 0.737. The van der Waals surface area contributed by atoms with Crippen LogP contribution in [0, 0.1) is 0 Å². The molecular formula is C10H12N2OS. The lowest BCUT2D eigenvalue weighted by Gasteiger charge is -2.14. The van der Waals surface area contributed by atoms with Crippen LogP contribution in [0.15, 0.2) is 12.3 Å². The van der Waals surface area contributed by atoms with Crippen LogP contribution in [-0.4, -0.2) is 23.1 Å². The maximum atomic E-state index is 11.3. The molecule has 2 N–H and O–H groups in total. The Labute approximate surface area is 87.1 Å². The summed E-state index contributed by atoms with van der Waals surface area (Å²) in [6, 6.07) is 1.93. The Morgan fingerprint density at radius 1 is 1.64 bits per heavy atom. The normalized spacial score (nSPS) is 14.9. The molecular weight excluding hydrogens is 196 g/mol. The Morgan fingerprint density at radius 2 is 2.50 bits per heavy atom. The third-order valence-corrected chi connectivity index (χ3v) is 3.32. The van der Waals surface area contributed by atoms with Gasteiger partial charge in [0.15, 0.2) is 5.78 Å². The summed E-state index contributed by atoms with van der Waals surface area (Å²) in [7, 11) is 0. The molecule has 1 aromatic heterocycles. The Bertz CT molecular complexity index is 365. The molecule has 0 aliphatic carbocycles. The van der Waals surface area contributed by atoms with Crippen molar-refractivity contribution < 1.29 is 4.79 Å². The van der Waals surface area contributed by atoms with E-state index in [1.807, 2.05) is 17.8 Å². The highest BCUT2D eigenvalue weighted by Gasteiger charge is 2.13. The average molecular weight is 208 g/mol. The van der Waals surface area contributed by atoms with E-state index >= 15 is 0 Å². The second-order valence-electron chi connectivity index (χ2n) is 3.26. The monoisotopic (exact) mass is 208 g/mol. The largest absolute Gasteiger partial charge is 0.324 e. The number of carbonyl (C=O) groups is 1. The smallest absolute Gasteiger partial charge is 0.177 e. The second-order valence-corrected chi connectivity index (χ2v) is 4.36. The van der Waals surface area contributed by atoms with Gasteiger partial charge >= 0.3 is 0 Å². The van der Waals surface area contributed by atoms with Crippen LogP contribution in [0.3, 0.4) is 0 Å². The molecule has 0 unspecified atom stereocenters. The number of hydrogen-bond donors (Lipinski definition) is 1. The van der Waals surface area contributed by atoms with Crippen LogP contribution in [0.5, 0.6) is 0 Å². The highest BCUT2D eigenvalue weighted by molar-refractivity contribution is 7.98. The summed E-state index contributed by atoms with van der Waals surface area (Å²) < 4.78 is 0. The third-order valence-electron chi connectivity index (χ3n) is 2.31. The summed E-state index contributed by atoms with van der Waals surface area (Å²) in [5.74, 6) is 2.06. The molecule has 0 atom stereocenters. The van der Waals surface area contributed by atoms with Gasteiger partial charge < -0.3 is 5.73 Å². The van der Waals surface area contributed by atoms with Gasteiger partial charge in [0.25, 0.3) is 0 Å². The number of aryl methyl sites for hydroxylation is 1. The van der Waals surface area contributed by atoms with Crippen molar-refractivity contribution in [1.29, 1.82) is 0 Å². The van der Waals surface area contributed by atoms with Crippen LogP contribution in [0.25, 0.3) is 0 Å². The molecule has 0 fully saturated rings. The molecule has 1 aliphatic rings. The number of ketones is 1. The van der Waals surface area contributed by atoms with E-state index in [-0.39, 0.29) is 12.3 Å². The van der Waals surface area contributed by atoms with Crippen LogP contribution in [-0.2, 0) is 12.2 Å². The van der Waals surface area contributed by atoms with Crippen molar-refractivity contribution in [2.75, 3.05) is 12.3 Å². The predicted molar refractivity (Wildman–Crippen MR) is 57.5 cm³/mol. The fourth-order valence-electron chi connectivity index (χ4n) is 1.51. The van der Waals surface area contributed by atoms with Gasteiger partial charge in [-0.3, -0.25) is 9.78 Å². The number of thioether (sulfide) groups is 1. The molecule has 1 aromatic rings. The van der Waals surface area contributed by atoms with Crippen LogP contribution < -0.4 is 5.73 Å². The summed E-state index contributed by atoms with van der Waals surface area (Å²) >= 11 is 1.88. The maximum Gasteiger partial charge on any atom is 0.177 e. The Morgan fingerprint density at radius 3 is 3.29 bits per heavy atom. The molecule has 2 rings (SSSR count). The number of fused-ring (bicyclic) bond motifs is 1. The van der Waals surface area contributed by atoms with Crippen LogP contribution in [0.4, 0.5) is 0 Å². The predicted octanol–water partition coefficient (Wildman–Crippen LogP) is 1.01. The van der Waals surface area contributed by atoms with Crippen LogP contribution in [0.2, 0.25) is 0 Å². The van der Waals surface area contributed by atoms with Crippen molar-refractivity contribution in [3.63, 3.8) is 0 Å². The van der Waals surface area contributed by atoms with E-state index in [4.69, 9.17) is 5.73 Å². The van der Waals surface area contributed by atoms with Crippen molar-refractivity contribution in [2.45, 2.75) is 12.2 Å². The second kappa shape index (κ2) is 4.11. The van der Waals surface area contributed by atoms with E-state index in [2.05, 4.69) is 4.98 Å². The molecule has 3 nitrogen and oxygen atoms in total. The number of Topliss-reactive ketones (excluding diaryl/α,β-unsaturated/α-hetero) is 1. The van der Waals surface area contributed by atoms with Crippen molar-refractivity contribution in [3.05, 3.63) is 29.1 Å². The first-order valence-corrected chi connectivity index (χ1v) is 5.75.